The summed E-state index contributed by atoms with van der Waals surface area (Å²) in [7, 11) is 0. The number of hydrogen-bond acceptors (Lipinski definition) is 3. The number of phenols is 1. The first kappa shape index (κ1) is 16.6. The van der Waals surface area contributed by atoms with Crippen molar-refractivity contribution in [1.82, 2.24) is 5.32 Å². The number of carbonyl (C=O) groups excluding carboxylic acids is 1. The van der Waals surface area contributed by atoms with Gasteiger partial charge in [0.25, 0.3) is 5.78 Å². The fourth-order valence-corrected chi connectivity index (χ4v) is 1.93. The van der Waals surface area contributed by atoms with Crippen molar-refractivity contribution in [1.29, 1.82) is 0 Å². The Hall–Kier alpha value is -2.76. The van der Waals surface area contributed by atoms with Gasteiger partial charge in [0.15, 0.2) is 0 Å². The summed E-state index contributed by atoms with van der Waals surface area (Å²) < 4.78 is 37.5. The largest absolute Gasteiger partial charge is 0.507 e. The second kappa shape index (κ2) is 7.00. The zero-order valence-electron chi connectivity index (χ0n) is 12.0. The molecule has 3 nitrogen and oxygen atoms in total. The van der Waals surface area contributed by atoms with Gasteiger partial charge in [-0.15, -0.1) is 0 Å². The van der Waals surface area contributed by atoms with Crippen LogP contribution in [0.5, 0.6) is 5.75 Å². The molecule has 2 aromatic carbocycles. The molecule has 23 heavy (non-hydrogen) atoms. The Morgan fingerprint density at radius 2 is 1.65 bits per heavy atom. The molecule has 0 aliphatic rings. The Bertz CT molecular complexity index is 709. The molecular weight excluding hydrogens is 307 g/mol. The summed E-state index contributed by atoms with van der Waals surface area (Å²) in [5.74, 6) is -2.20. The first-order chi connectivity index (χ1) is 10.9. The number of allylic oxidation sites excluding steroid dienone is 1. The van der Waals surface area contributed by atoms with Crippen LogP contribution in [0, 0.1) is 0 Å². The van der Waals surface area contributed by atoms with E-state index in [0.717, 1.165) is 5.56 Å². The van der Waals surface area contributed by atoms with Crippen molar-refractivity contribution in [3.05, 3.63) is 71.8 Å². The van der Waals surface area contributed by atoms with Gasteiger partial charge in [-0.1, -0.05) is 42.5 Å². The predicted molar refractivity (Wildman–Crippen MR) is 80.4 cm³/mol. The van der Waals surface area contributed by atoms with Gasteiger partial charge in [0.1, 0.15) is 5.75 Å². The first-order valence-electron chi connectivity index (χ1n) is 6.77. The van der Waals surface area contributed by atoms with Crippen LogP contribution in [0.15, 0.2) is 60.7 Å². The molecule has 0 bridgehead atoms. The van der Waals surface area contributed by atoms with Crippen LogP contribution in [-0.2, 0) is 11.3 Å². The molecule has 0 spiro atoms. The fraction of sp³-hybridized carbons (Fsp3) is 0.118. The molecule has 2 N–H and O–H groups in total. The first-order valence-corrected chi connectivity index (χ1v) is 6.77. The number of phenolic OH excluding ortho intramolecular Hbond substituents is 1. The van der Waals surface area contributed by atoms with Crippen molar-refractivity contribution in [2.24, 2.45) is 0 Å². The monoisotopic (exact) mass is 321 g/mol. The lowest BCUT2D eigenvalue weighted by molar-refractivity contribution is -0.165. The summed E-state index contributed by atoms with van der Waals surface area (Å²) in [4.78, 5) is 11.2. The minimum absolute atomic E-state index is 0.0886. The zero-order valence-corrected chi connectivity index (χ0v) is 12.0. The number of alkyl halides is 3. The smallest absolute Gasteiger partial charge is 0.454 e. The maximum atomic E-state index is 12.5. The van der Waals surface area contributed by atoms with Crippen LogP contribution in [0.1, 0.15) is 11.1 Å². The van der Waals surface area contributed by atoms with Gasteiger partial charge in [-0.05, 0) is 17.7 Å². The van der Waals surface area contributed by atoms with Crippen molar-refractivity contribution in [2.75, 3.05) is 0 Å². The SMILES string of the molecule is O=C(/C=C(\NCc1ccccc1)c1ccccc1O)C(F)(F)F. The predicted octanol–water partition coefficient (Wildman–Crippen LogP) is 3.65. The van der Waals surface area contributed by atoms with Crippen molar-refractivity contribution in [2.45, 2.75) is 12.7 Å². The summed E-state index contributed by atoms with van der Waals surface area (Å²) in [6.07, 6.45) is -4.51. The highest BCUT2D eigenvalue weighted by Crippen LogP contribution is 2.25. The van der Waals surface area contributed by atoms with Crippen molar-refractivity contribution in [3.8, 4) is 5.75 Å². The Labute approximate surface area is 131 Å². The van der Waals surface area contributed by atoms with Crippen LogP contribution in [0.4, 0.5) is 13.2 Å². The summed E-state index contributed by atoms with van der Waals surface area (Å²) in [5, 5.41) is 12.6. The fourth-order valence-electron chi connectivity index (χ4n) is 1.93. The number of nitrogens with one attached hydrogen (secondary N) is 1. The Morgan fingerprint density at radius 1 is 1.04 bits per heavy atom. The third-order valence-electron chi connectivity index (χ3n) is 3.07. The quantitative estimate of drug-likeness (QED) is 0.827. The zero-order chi connectivity index (χ0) is 16.9. The van der Waals surface area contributed by atoms with E-state index in [-0.39, 0.29) is 23.6 Å². The number of hydrogen-bond donors (Lipinski definition) is 2. The molecule has 0 aliphatic carbocycles. The molecule has 0 aromatic heterocycles. The minimum atomic E-state index is -4.97. The maximum absolute atomic E-state index is 12.5. The number of para-hydroxylation sites is 1. The van der Waals surface area contributed by atoms with E-state index < -0.39 is 12.0 Å². The highest BCUT2D eigenvalue weighted by molar-refractivity contribution is 6.00. The molecule has 0 saturated carbocycles. The van der Waals surface area contributed by atoms with E-state index in [4.69, 9.17) is 0 Å². The summed E-state index contributed by atoms with van der Waals surface area (Å²) >= 11 is 0. The molecule has 0 atom stereocenters. The van der Waals surface area contributed by atoms with Crippen LogP contribution in [0.3, 0.4) is 0 Å². The van der Waals surface area contributed by atoms with Crippen LogP contribution < -0.4 is 5.32 Å². The van der Waals surface area contributed by atoms with Gasteiger partial charge >= 0.3 is 6.18 Å². The molecule has 0 aliphatic heterocycles. The van der Waals surface area contributed by atoms with E-state index in [9.17, 15) is 23.1 Å². The van der Waals surface area contributed by atoms with E-state index in [0.29, 0.717) is 6.08 Å². The van der Waals surface area contributed by atoms with E-state index in [1.54, 1.807) is 36.4 Å². The Morgan fingerprint density at radius 3 is 2.26 bits per heavy atom. The molecule has 0 saturated heterocycles. The minimum Gasteiger partial charge on any atom is -0.507 e. The van der Waals surface area contributed by atoms with Gasteiger partial charge in [-0.25, -0.2) is 0 Å². The maximum Gasteiger partial charge on any atom is 0.454 e. The second-order valence-corrected chi connectivity index (χ2v) is 4.78. The molecule has 0 amide bonds. The summed E-state index contributed by atoms with van der Waals surface area (Å²) in [5.41, 5.74) is 0.864. The van der Waals surface area contributed by atoms with Gasteiger partial charge < -0.3 is 10.4 Å². The van der Waals surface area contributed by atoms with E-state index in [1.807, 2.05) is 6.07 Å². The van der Waals surface area contributed by atoms with Crippen LogP contribution in [-0.4, -0.2) is 17.1 Å². The van der Waals surface area contributed by atoms with Crippen LogP contribution in [0.2, 0.25) is 0 Å². The van der Waals surface area contributed by atoms with Gasteiger partial charge in [0.05, 0.1) is 0 Å². The van der Waals surface area contributed by atoms with Crippen LogP contribution in [0.25, 0.3) is 5.70 Å². The van der Waals surface area contributed by atoms with Crippen molar-refractivity contribution >= 4 is 11.5 Å². The molecule has 0 fully saturated rings. The van der Waals surface area contributed by atoms with Crippen molar-refractivity contribution < 1.29 is 23.1 Å². The number of carbonyl (C=O) groups is 1. The standard InChI is InChI=1S/C17H14F3NO2/c18-17(19,20)16(23)10-14(13-8-4-5-9-15(13)22)21-11-12-6-2-1-3-7-12/h1-10,21-22H,11H2/b14-10-. The lowest BCUT2D eigenvalue weighted by Gasteiger charge is -2.13. The molecule has 120 valence electrons. The van der Waals surface area contributed by atoms with Gasteiger partial charge in [-0.2, -0.15) is 13.2 Å². The number of rotatable bonds is 5. The highest BCUT2D eigenvalue weighted by atomic mass is 19.4. The topological polar surface area (TPSA) is 49.3 Å². The summed E-state index contributed by atoms with van der Waals surface area (Å²) in [6.45, 7) is 0.214. The van der Waals surface area contributed by atoms with Gasteiger partial charge in [0.2, 0.25) is 0 Å². The Kier molecular flexibility index (Phi) is 5.05. The number of ketones is 1. The summed E-state index contributed by atoms with van der Waals surface area (Å²) in [6, 6.07) is 14.9. The van der Waals surface area contributed by atoms with E-state index in [2.05, 4.69) is 5.32 Å². The molecular formula is C17H14F3NO2. The number of aromatic hydroxyl groups is 1. The molecule has 0 radical (unpaired) electrons. The molecule has 2 rings (SSSR count). The second-order valence-electron chi connectivity index (χ2n) is 4.78. The third-order valence-corrected chi connectivity index (χ3v) is 3.07. The molecule has 0 unspecified atom stereocenters. The van der Waals surface area contributed by atoms with Crippen molar-refractivity contribution in [3.63, 3.8) is 0 Å². The van der Waals surface area contributed by atoms with Gasteiger partial charge in [0, 0.05) is 23.9 Å². The Balaban J connectivity index is 2.30. The lowest BCUT2D eigenvalue weighted by atomic mass is 10.1. The molecule has 0 heterocycles. The third kappa shape index (κ3) is 4.60. The average Bonchev–Trinajstić information content (AvgIpc) is 2.52. The highest BCUT2D eigenvalue weighted by Gasteiger charge is 2.37. The number of benzene rings is 2. The number of halogens is 3. The average molecular weight is 321 g/mol. The normalized spacial score (nSPS) is 12.0. The van der Waals surface area contributed by atoms with E-state index in [1.165, 1.54) is 12.1 Å². The lowest BCUT2D eigenvalue weighted by Crippen LogP contribution is -2.22. The molecule has 6 heteroatoms. The molecule has 2 aromatic rings. The van der Waals surface area contributed by atoms with E-state index >= 15 is 0 Å². The van der Waals surface area contributed by atoms with Crippen LogP contribution >= 0.6 is 0 Å². The van der Waals surface area contributed by atoms with Gasteiger partial charge in [-0.3, -0.25) is 4.79 Å².